The summed E-state index contributed by atoms with van der Waals surface area (Å²) in [5.74, 6) is 6.19. The third kappa shape index (κ3) is 3.63. The quantitative estimate of drug-likeness (QED) is 0.379. The molecule has 0 fully saturated rings. The Kier molecular flexibility index (Phi) is 5.00. The molecule has 0 unspecified atom stereocenters. The van der Waals surface area contributed by atoms with E-state index in [0.717, 1.165) is 5.75 Å². The van der Waals surface area contributed by atoms with Crippen molar-refractivity contribution in [2.75, 3.05) is 24.0 Å². The van der Waals surface area contributed by atoms with Crippen LogP contribution >= 0.6 is 11.8 Å². The molecule has 0 aliphatic carbocycles. The van der Waals surface area contributed by atoms with Crippen LogP contribution in [0.3, 0.4) is 0 Å². The van der Waals surface area contributed by atoms with Gasteiger partial charge in [-0.25, -0.2) is 24.0 Å². The fraction of sp³-hybridized carbons (Fsp3) is 0.375. The van der Waals surface area contributed by atoms with Crippen molar-refractivity contribution in [2.24, 2.45) is 5.84 Å². The van der Waals surface area contributed by atoms with E-state index in [1.807, 2.05) is 6.26 Å². The van der Waals surface area contributed by atoms with Crippen LogP contribution in [0.5, 0.6) is 0 Å². The maximum Gasteiger partial charge on any atom is 0.240 e. The summed E-state index contributed by atoms with van der Waals surface area (Å²) in [5, 5.41) is 0. The summed E-state index contributed by atoms with van der Waals surface area (Å²) in [6.07, 6.45) is 3.30. The van der Waals surface area contributed by atoms with Crippen LogP contribution in [0.25, 0.3) is 0 Å². The minimum Gasteiger partial charge on any atom is -0.308 e. The van der Waals surface area contributed by atoms with Crippen molar-refractivity contribution in [1.29, 1.82) is 0 Å². The monoisotopic (exact) mass is 262 g/mol. The first-order valence-corrected chi connectivity index (χ1v) is 7.39. The Morgan fingerprint density at radius 3 is 2.94 bits per heavy atom. The molecule has 0 aliphatic rings. The molecule has 0 atom stereocenters. The number of anilines is 1. The van der Waals surface area contributed by atoms with Crippen LogP contribution in [0.4, 0.5) is 5.82 Å². The van der Waals surface area contributed by atoms with Gasteiger partial charge < -0.3 is 5.43 Å². The highest BCUT2D eigenvalue weighted by Crippen LogP contribution is 2.11. The molecule has 0 spiro atoms. The first-order valence-electron chi connectivity index (χ1n) is 4.51. The number of thioether (sulfide) groups is 1. The minimum atomic E-state index is -3.46. The lowest BCUT2D eigenvalue weighted by Gasteiger charge is -2.06. The fourth-order valence-electron chi connectivity index (χ4n) is 1.02. The molecule has 0 amide bonds. The van der Waals surface area contributed by atoms with Gasteiger partial charge in [0.15, 0.2) is 0 Å². The molecule has 0 aliphatic heterocycles. The highest BCUT2D eigenvalue weighted by atomic mass is 32.2. The van der Waals surface area contributed by atoms with Gasteiger partial charge >= 0.3 is 0 Å². The topological polar surface area (TPSA) is 97.1 Å². The lowest BCUT2D eigenvalue weighted by Crippen LogP contribution is -2.26. The number of aromatic nitrogens is 1. The number of nitrogens with two attached hydrogens (primary N) is 1. The number of nitrogens with one attached hydrogen (secondary N) is 2. The third-order valence-electron chi connectivity index (χ3n) is 1.79. The first-order chi connectivity index (χ1) is 7.60. The highest BCUT2D eigenvalue weighted by Gasteiger charge is 2.13. The van der Waals surface area contributed by atoms with E-state index in [-0.39, 0.29) is 4.90 Å². The van der Waals surface area contributed by atoms with E-state index in [4.69, 9.17) is 5.84 Å². The molecule has 1 heterocycles. The standard InChI is InChI=1S/C8H14N4O2S2/c1-15-5-4-11-16(13,14)7-2-3-10-8(6-7)12-9/h2-3,6,11H,4-5,9H2,1H3,(H,10,12). The number of rotatable bonds is 6. The number of hydrazine groups is 1. The molecule has 0 radical (unpaired) electrons. The molecule has 6 nitrogen and oxygen atoms in total. The molecule has 0 saturated heterocycles. The zero-order valence-corrected chi connectivity index (χ0v) is 10.4. The third-order valence-corrected chi connectivity index (χ3v) is 3.86. The Hall–Kier alpha value is -0.830. The number of sulfonamides is 1. The SMILES string of the molecule is CSCCNS(=O)(=O)c1ccnc(NN)c1. The molecule has 8 heteroatoms. The summed E-state index contributed by atoms with van der Waals surface area (Å²) in [6, 6.07) is 2.80. The second-order valence-corrected chi connectivity index (χ2v) is 5.66. The average Bonchev–Trinajstić information content (AvgIpc) is 2.29. The van der Waals surface area contributed by atoms with Crippen LogP contribution in [0.2, 0.25) is 0 Å². The lowest BCUT2D eigenvalue weighted by molar-refractivity contribution is 0.584. The van der Waals surface area contributed by atoms with Gasteiger partial charge in [0.2, 0.25) is 10.0 Å². The van der Waals surface area contributed by atoms with E-state index in [1.54, 1.807) is 11.8 Å². The Bertz CT molecular complexity index is 435. The lowest BCUT2D eigenvalue weighted by atomic mass is 10.5. The fourth-order valence-corrected chi connectivity index (χ4v) is 2.50. The summed E-state index contributed by atoms with van der Waals surface area (Å²) < 4.78 is 26.0. The minimum absolute atomic E-state index is 0.150. The maximum atomic E-state index is 11.8. The molecule has 16 heavy (non-hydrogen) atoms. The Morgan fingerprint density at radius 2 is 2.31 bits per heavy atom. The molecule has 0 aromatic carbocycles. The second kappa shape index (κ2) is 6.04. The number of nitrogen functional groups attached to an aromatic ring is 1. The Morgan fingerprint density at radius 1 is 1.56 bits per heavy atom. The molecular weight excluding hydrogens is 248 g/mol. The van der Waals surface area contributed by atoms with Crippen molar-refractivity contribution in [3.63, 3.8) is 0 Å². The molecule has 1 rings (SSSR count). The molecule has 4 N–H and O–H groups in total. The van der Waals surface area contributed by atoms with Crippen LogP contribution in [-0.2, 0) is 10.0 Å². The van der Waals surface area contributed by atoms with Gasteiger partial charge in [-0.05, 0) is 12.3 Å². The summed E-state index contributed by atoms with van der Waals surface area (Å²) in [4.78, 5) is 3.98. The molecular formula is C8H14N4O2S2. The van der Waals surface area contributed by atoms with Crippen LogP contribution in [-0.4, -0.2) is 32.0 Å². The van der Waals surface area contributed by atoms with Gasteiger partial charge in [0, 0.05) is 24.6 Å². The number of hydrogen-bond acceptors (Lipinski definition) is 6. The van der Waals surface area contributed by atoms with Gasteiger partial charge in [-0.1, -0.05) is 0 Å². The molecule has 0 bridgehead atoms. The predicted molar refractivity (Wildman–Crippen MR) is 65.6 cm³/mol. The average molecular weight is 262 g/mol. The van der Waals surface area contributed by atoms with Crippen LogP contribution < -0.4 is 16.0 Å². The van der Waals surface area contributed by atoms with Crippen molar-refractivity contribution in [3.8, 4) is 0 Å². The Balaban J connectivity index is 2.81. The normalized spacial score (nSPS) is 11.4. The zero-order chi connectivity index (χ0) is 12.0. The smallest absolute Gasteiger partial charge is 0.240 e. The van der Waals surface area contributed by atoms with E-state index in [2.05, 4.69) is 15.1 Å². The van der Waals surface area contributed by atoms with E-state index in [9.17, 15) is 8.42 Å². The number of hydrogen-bond donors (Lipinski definition) is 3. The van der Waals surface area contributed by atoms with Crippen molar-refractivity contribution >= 4 is 27.6 Å². The van der Waals surface area contributed by atoms with Crippen LogP contribution in [0.1, 0.15) is 0 Å². The summed E-state index contributed by atoms with van der Waals surface area (Å²) in [5.41, 5.74) is 2.30. The van der Waals surface area contributed by atoms with Gasteiger partial charge in [-0.2, -0.15) is 11.8 Å². The summed E-state index contributed by atoms with van der Waals surface area (Å²) >= 11 is 1.57. The van der Waals surface area contributed by atoms with E-state index < -0.39 is 10.0 Å². The Labute approximate surface area is 99.0 Å². The van der Waals surface area contributed by atoms with Crippen molar-refractivity contribution in [3.05, 3.63) is 18.3 Å². The largest absolute Gasteiger partial charge is 0.308 e. The van der Waals surface area contributed by atoms with Crippen molar-refractivity contribution in [1.82, 2.24) is 9.71 Å². The van der Waals surface area contributed by atoms with Gasteiger partial charge in [0.25, 0.3) is 0 Å². The van der Waals surface area contributed by atoms with Crippen molar-refractivity contribution < 1.29 is 8.42 Å². The summed E-state index contributed by atoms with van der Waals surface area (Å²) in [7, 11) is -3.46. The first kappa shape index (κ1) is 13.2. The maximum absolute atomic E-state index is 11.8. The number of pyridine rings is 1. The van der Waals surface area contributed by atoms with Gasteiger partial charge in [0.1, 0.15) is 5.82 Å². The molecule has 1 aromatic heterocycles. The van der Waals surface area contributed by atoms with E-state index in [0.29, 0.717) is 12.4 Å². The molecule has 90 valence electrons. The van der Waals surface area contributed by atoms with Crippen LogP contribution in [0, 0.1) is 0 Å². The molecule has 1 aromatic rings. The second-order valence-electron chi connectivity index (χ2n) is 2.91. The molecule has 0 saturated carbocycles. The zero-order valence-electron chi connectivity index (χ0n) is 8.80. The van der Waals surface area contributed by atoms with E-state index in [1.165, 1.54) is 18.3 Å². The summed E-state index contributed by atoms with van der Waals surface area (Å²) in [6.45, 7) is 0.400. The van der Waals surface area contributed by atoms with Gasteiger partial charge in [-0.15, -0.1) is 0 Å². The number of nitrogens with zero attached hydrogens (tertiary/aromatic N) is 1. The predicted octanol–water partition coefficient (Wildman–Crippen LogP) is 0.00850. The van der Waals surface area contributed by atoms with Crippen LogP contribution in [0.15, 0.2) is 23.2 Å². The van der Waals surface area contributed by atoms with Crippen molar-refractivity contribution in [2.45, 2.75) is 4.90 Å². The van der Waals surface area contributed by atoms with Gasteiger partial charge in [0.05, 0.1) is 4.90 Å². The van der Waals surface area contributed by atoms with Gasteiger partial charge in [-0.3, -0.25) is 0 Å². The van der Waals surface area contributed by atoms with E-state index >= 15 is 0 Å². The highest BCUT2D eigenvalue weighted by molar-refractivity contribution is 7.98.